The second-order valence-corrected chi connectivity index (χ2v) is 12.1. The fourth-order valence-corrected chi connectivity index (χ4v) is 6.75. The van der Waals surface area contributed by atoms with E-state index >= 15 is 0 Å². The minimum Gasteiger partial charge on any atom is -0.621 e. The van der Waals surface area contributed by atoms with Crippen LogP contribution in [0.4, 0.5) is 14.5 Å². The molecule has 6 rings (SSSR count). The number of halogens is 3. The van der Waals surface area contributed by atoms with Gasteiger partial charge in [0.1, 0.15) is 17.9 Å². The van der Waals surface area contributed by atoms with Crippen LogP contribution in [0, 0.1) is 5.21 Å². The van der Waals surface area contributed by atoms with Crippen molar-refractivity contribution in [2.45, 2.75) is 32.0 Å². The Morgan fingerprint density at radius 3 is 2.70 bits per heavy atom. The molecule has 2 amide bonds. The van der Waals surface area contributed by atoms with Crippen molar-refractivity contribution in [3.8, 4) is 17.0 Å². The predicted molar refractivity (Wildman–Crippen MR) is 159 cm³/mol. The lowest BCUT2D eigenvalue weighted by Crippen LogP contribution is -3.05. The van der Waals surface area contributed by atoms with Crippen LogP contribution in [0.1, 0.15) is 23.2 Å². The monoisotopic (exact) mass is 646 g/mol. The summed E-state index contributed by atoms with van der Waals surface area (Å²) in [6, 6.07) is 5.96. The molecule has 232 valence electrons. The van der Waals surface area contributed by atoms with E-state index in [0.29, 0.717) is 19.1 Å². The van der Waals surface area contributed by atoms with E-state index in [1.54, 1.807) is 17.2 Å². The van der Waals surface area contributed by atoms with E-state index in [9.17, 15) is 23.6 Å². The van der Waals surface area contributed by atoms with Crippen LogP contribution in [0.2, 0.25) is 5.02 Å². The number of nitrogens with one attached hydrogen (secondary N) is 1. The molecule has 1 unspecified atom stereocenters. The Balaban J connectivity index is 1.28. The molecule has 2 saturated heterocycles. The third-order valence-corrected chi connectivity index (χ3v) is 9.00. The Morgan fingerprint density at radius 1 is 1.18 bits per heavy atom. The second kappa shape index (κ2) is 13.2. The van der Waals surface area contributed by atoms with Crippen molar-refractivity contribution in [1.82, 2.24) is 34.2 Å². The number of aromatic nitrogens is 5. The van der Waals surface area contributed by atoms with Crippen LogP contribution in [0.25, 0.3) is 16.9 Å². The van der Waals surface area contributed by atoms with E-state index in [4.69, 9.17) is 11.6 Å². The number of fused-ring (bicyclic) bond motifs is 1. The maximum absolute atomic E-state index is 13.7. The SMILES string of the molecule is O=C(Cn1cc([NH+]([O-])C(=O)c2cnn3cccnc23)c(-c2cc(Cl)ccc2OC(F)F)n1)N1CCC(N2CCSCC2)CC1. The average Bonchev–Trinajstić information content (AvgIpc) is 3.66. The Hall–Kier alpha value is -3.63. The molecule has 0 saturated carbocycles. The van der Waals surface area contributed by atoms with Crippen LogP contribution < -0.4 is 9.80 Å². The number of hydrogen-bond donors (Lipinski definition) is 1. The summed E-state index contributed by atoms with van der Waals surface area (Å²) in [7, 11) is 0. The van der Waals surface area contributed by atoms with E-state index in [1.165, 1.54) is 46.0 Å². The quantitative estimate of drug-likeness (QED) is 0.288. The Labute approximate surface area is 260 Å². The van der Waals surface area contributed by atoms with Gasteiger partial charge in [0.25, 0.3) is 0 Å². The number of thioether (sulfide) groups is 1. The van der Waals surface area contributed by atoms with E-state index in [2.05, 4.69) is 24.8 Å². The maximum Gasteiger partial charge on any atom is 0.387 e. The molecular weight excluding hydrogens is 618 g/mol. The second-order valence-electron chi connectivity index (χ2n) is 10.5. The van der Waals surface area contributed by atoms with E-state index in [1.807, 2.05) is 11.8 Å². The van der Waals surface area contributed by atoms with Crippen molar-refractivity contribution in [2.24, 2.45) is 0 Å². The van der Waals surface area contributed by atoms with Crippen molar-refractivity contribution < 1.29 is 28.2 Å². The summed E-state index contributed by atoms with van der Waals surface area (Å²) in [5, 5.41) is 21.4. The Kier molecular flexibility index (Phi) is 9.09. The number of carbonyl (C=O) groups excluding carboxylic acids is 2. The van der Waals surface area contributed by atoms with Gasteiger partial charge in [-0.1, -0.05) is 11.6 Å². The van der Waals surface area contributed by atoms with Crippen LogP contribution in [0.3, 0.4) is 0 Å². The first-order chi connectivity index (χ1) is 21.3. The number of carbonyl (C=O) groups is 2. The van der Waals surface area contributed by atoms with Gasteiger partial charge < -0.3 is 14.8 Å². The normalized spacial score (nSPS) is 17.3. The van der Waals surface area contributed by atoms with Gasteiger partial charge in [-0.3, -0.25) is 19.4 Å². The van der Waals surface area contributed by atoms with Crippen LogP contribution in [0.5, 0.6) is 5.75 Å². The summed E-state index contributed by atoms with van der Waals surface area (Å²) in [4.78, 5) is 35.2. The lowest BCUT2D eigenvalue weighted by molar-refractivity contribution is -0.679. The third kappa shape index (κ3) is 6.42. The van der Waals surface area contributed by atoms with Crippen molar-refractivity contribution >= 4 is 46.5 Å². The summed E-state index contributed by atoms with van der Waals surface area (Å²) < 4.78 is 33.9. The molecule has 0 aliphatic carbocycles. The van der Waals surface area contributed by atoms with Gasteiger partial charge in [-0.15, -0.1) is 0 Å². The summed E-state index contributed by atoms with van der Waals surface area (Å²) >= 11 is 8.15. The summed E-state index contributed by atoms with van der Waals surface area (Å²) in [6.45, 7) is -0.0939. The smallest absolute Gasteiger partial charge is 0.387 e. The van der Waals surface area contributed by atoms with Crippen LogP contribution >= 0.6 is 23.4 Å². The number of amides is 2. The van der Waals surface area contributed by atoms with Gasteiger partial charge >= 0.3 is 12.5 Å². The zero-order valence-electron chi connectivity index (χ0n) is 23.4. The van der Waals surface area contributed by atoms with Crippen LogP contribution in [-0.4, -0.2) is 96.3 Å². The first kappa shape index (κ1) is 30.4. The van der Waals surface area contributed by atoms with E-state index in [-0.39, 0.29) is 51.4 Å². The molecule has 1 aromatic carbocycles. The van der Waals surface area contributed by atoms with Gasteiger partial charge in [-0.2, -0.15) is 30.7 Å². The molecule has 0 bridgehead atoms. The number of hydrogen-bond acceptors (Lipinski definition) is 9. The molecule has 0 radical (unpaired) electrons. The molecule has 5 heterocycles. The van der Waals surface area contributed by atoms with Gasteiger partial charge in [0.05, 0.1) is 18.0 Å². The van der Waals surface area contributed by atoms with Crippen LogP contribution in [-0.2, 0) is 11.3 Å². The van der Waals surface area contributed by atoms with Crippen LogP contribution in [0.15, 0.2) is 49.1 Å². The number of rotatable bonds is 8. The van der Waals surface area contributed by atoms with Crippen molar-refractivity contribution in [2.75, 3.05) is 37.7 Å². The van der Waals surface area contributed by atoms with Gasteiger partial charge in [-0.25, -0.2) is 14.3 Å². The lowest BCUT2D eigenvalue weighted by Gasteiger charge is -2.40. The Morgan fingerprint density at radius 2 is 1.95 bits per heavy atom. The molecule has 2 aliphatic rings. The molecule has 44 heavy (non-hydrogen) atoms. The fourth-order valence-electron chi connectivity index (χ4n) is 5.65. The van der Waals surface area contributed by atoms with Crippen molar-refractivity contribution in [3.63, 3.8) is 0 Å². The molecular formula is C28H29ClF2N8O4S. The van der Waals surface area contributed by atoms with Gasteiger partial charge in [0.2, 0.25) is 5.91 Å². The van der Waals surface area contributed by atoms with Crippen molar-refractivity contribution in [3.05, 3.63) is 64.8 Å². The fraction of sp³-hybridized carbons (Fsp3) is 0.393. The predicted octanol–water partition coefficient (Wildman–Crippen LogP) is 2.74. The number of quaternary nitrogens is 1. The number of benzene rings is 1. The highest BCUT2D eigenvalue weighted by Crippen LogP contribution is 2.36. The summed E-state index contributed by atoms with van der Waals surface area (Å²) in [6.07, 6.45) is 7.27. The standard InChI is InChI=1S/C28H29ClF2N8O4S/c29-18-2-3-23(43-28(30)31)20(14-18)25-22(39(42)27(41)21-15-33-38-7-1-6-32-26(21)38)16-37(34-25)17-24(40)36-8-4-19(5-9-36)35-10-12-44-13-11-35/h1-3,6-7,14-16,19,28,39H,4-5,8-13,17H2. The number of nitrogens with zero attached hydrogens (tertiary/aromatic N) is 7. The highest BCUT2D eigenvalue weighted by Gasteiger charge is 2.31. The molecule has 2 aliphatic heterocycles. The first-order valence-corrected chi connectivity index (χ1v) is 15.6. The minimum atomic E-state index is -3.17. The van der Waals surface area contributed by atoms with E-state index in [0.717, 1.165) is 37.4 Å². The number of ether oxygens (including phenoxy) is 1. The number of likely N-dealkylation sites (tertiary alicyclic amines) is 1. The number of piperidine rings is 1. The maximum atomic E-state index is 13.7. The largest absolute Gasteiger partial charge is 0.621 e. The highest BCUT2D eigenvalue weighted by molar-refractivity contribution is 7.99. The van der Waals surface area contributed by atoms with Crippen molar-refractivity contribution in [1.29, 1.82) is 0 Å². The third-order valence-electron chi connectivity index (χ3n) is 7.83. The topological polar surface area (TPSA) is 125 Å². The molecule has 4 aromatic rings. The lowest BCUT2D eigenvalue weighted by atomic mass is 10.0. The Bertz CT molecular complexity index is 1660. The van der Waals surface area contributed by atoms with Gasteiger partial charge in [-0.05, 0) is 37.1 Å². The highest BCUT2D eigenvalue weighted by atomic mass is 35.5. The average molecular weight is 647 g/mol. The molecule has 16 heteroatoms. The zero-order valence-corrected chi connectivity index (χ0v) is 25.0. The molecule has 3 aromatic heterocycles. The number of alkyl halides is 2. The molecule has 2 fully saturated rings. The molecule has 1 atom stereocenters. The molecule has 12 nitrogen and oxygen atoms in total. The number of hydroxylamine groups is 1. The van der Waals surface area contributed by atoms with E-state index < -0.39 is 17.6 Å². The summed E-state index contributed by atoms with van der Waals surface area (Å²) in [5.41, 5.74) is -0.234. The first-order valence-electron chi connectivity index (χ1n) is 14.1. The van der Waals surface area contributed by atoms with Gasteiger partial charge in [0, 0.05) is 61.1 Å². The van der Waals surface area contributed by atoms with Gasteiger partial charge in [0.15, 0.2) is 17.0 Å². The minimum absolute atomic E-state index is 0.0290. The zero-order chi connectivity index (χ0) is 30.8. The summed E-state index contributed by atoms with van der Waals surface area (Å²) in [5.74, 6) is 0.809. The molecule has 1 N–H and O–H groups in total. The molecule has 0 spiro atoms.